The maximum Gasteiger partial charge on any atom is 0.257 e. The molecule has 1 aliphatic rings. The van der Waals surface area contributed by atoms with Crippen LogP contribution >= 0.6 is 0 Å². The maximum absolute atomic E-state index is 12.2. The lowest BCUT2D eigenvalue weighted by Gasteiger charge is -2.25. The van der Waals surface area contributed by atoms with Gasteiger partial charge in [-0.05, 0) is 6.92 Å². The highest BCUT2D eigenvalue weighted by atomic mass is 16.2. The van der Waals surface area contributed by atoms with Gasteiger partial charge in [0.05, 0.1) is 18.3 Å². The van der Waals surface area contributed by atoms with Gasteiger partial charge in [-0.15, -0.1) is 0 Å². The number of fused-ring (bicyclic) bond motifs is 1. The van der Waals surface area contributed by atoms with E-state index in [0.717, 1.165) is 23.4 Å². The van der Waals surface area contributed by atoms with E-state index >= 15 is 0 Å². The molecular formula is C15H15N3O. The van der Waals surface area contributed by atoms with E-state index in [0.29, 0.717) is 24.0 Å². The van der Waals surface area contributed by atoms with Crippen molar-refractivity contribution >= 4 is 5.91 Å². The summed E-state index contributed by atoms with van der Waals surface area (Å²) in [6.45, 7) is 2.54. The van der Waals surface area contributed by atoms with Crippen LogP contribution in [-0.2, 0) is 6.42 Å². The number of carbonyl (C=O) groups excluding carboxylic acids is 1. The summed E-state index contributed by atoms with van der Waals surface area (Å²) in [5.74, 6) is 0.621. The molecule has 96 valence electrons. The first-order chi connectivity index (χ1) is 9.56. The number of hydrogen-bond acceptors (Lipinski definition) is 3. The van der Waals surface area contributed by atoms with Gasteiger partial charge in [0, 0.05) is 25.6 Å². The predicted molar refractivity (Wildman–Crippen MR) is 72.9 cm³/mol. The Labute approximate surface area is 113 Å². The summed E-state index contributed by atoms with van der Waals surface area (Å²) in [5, 5.41) is 0. The van der Waals surface area contributed by atoms with Crippen LogP contribution in [0.3, 0.4) is 0 Å². The molecule has 4 nitrogen and oxygen atoms in total. The minimum Gasteiger partial charge on any atom is -0.341 e. The van der Waals surface area contributed by atoms with Gasteiger partial charge in [0.1, 0.15) is 0 Å². The van der Waals surface area contributed by atoms with Crippen molar-refractivity contribution in [3.63, 3.8) is 0 Å². The zero-order chi connectivity index (χ0) is 14.3. The summed E-state index contributed by atoms with van der Waals surface area (Å²) in [6.07, 6.45) is 0.754. The van der Waals surface area contributed by atoms with Crippen LogP contribution in [-0.4, -0.2) is 34.4 Å². The lowest BCUT2D eigenvalue weighted by atomic mass is 10.0. The van der Waals surface area contributed by atoms with Crippen molar-refractivity contribution in [2.24, 2.45) is 0 Å². The van der Waals surface area contributed by atoms with Crippen LogP contribution in [0, 0.1) is 6.92 Å². The molecule has 0 saturated heterocycles. The molecule has 3 rings (SSSR count). The lowest BCUT2D eigenvalue weighted by molar-refractivity contribution is 0.0777. The summed E-state index contributed by atoms with van der Waals surface area (Å²) < 4.78 is 7.51. The normalized spacial score (nSPS) is 15.2. The summed E-state index contributed by atoms with van der Waals surface area (Å²) in [7, 11) is 1.80. The molecular weight excluding hydrogens is 238 g/mol. The van der Waals surface area contributed by atoms with Crippen LogP contribution < -0.4 is 0 Å². The monoisotopic (exact) mass is 254 g/mol. The highest BCUT2D eigenvalue weighted by Gasteiger charge is 2.26. The van der Waals surface area contributed by atoms with Crippen molar-refractivity contribution in [2.75, 3.05) is 13.6 Å². The molecule has 0 spiro atoms. The Balaban J connectivity index is 2.10. The fourth-order valence-electron chi connectivity index (χ4n) is 2.32. The molecule has 0 bridgehead atoms. The van der Waals surface area contributed by atoms with E-state index in [1.165, 1.54) is 0 Å². The van der Waals surface area contributed by atoms with Crippen LogP contribution in [0.15, 0.2) is 30.3 Å². The smallest absolute Gasteiger partial charge is 0.257 e. The molecule has 2 aromatic rings. The fraction of sp³-hybridized carbons (Fsp3) is 0.267. The van der Waals surface area contributed by atoms with E-state index in [9.17, 15) is 4.79 Å². The van der Waals surface area contributed by atoms with E-state index in [-0.39, 0.29) is 5.91 Å². The van der Waals surface area contributed by atoms with Gasteiger partial charge in [-0.3, -0.25) is 4.79 Å². The molecule has 0 fully saturated rings. The molecule has 4 heteroatoms. The number of aromatic nitrogens is 2. The molecule has 0 aliphatic carbocycles. The van der Waals surface area contributed by atoms with Gasteiger partial charge in [-0.25, -0.2) is 9.97 Å². The fourth-order valence-corrected chi connectivity index (χ4v) is 2.32. The summed E-state index contributed by atoms with van der Waals surface area (Å²) >= 11 is 0. The topological polar surface area (TPSA) is 46.1 Å². The highest BCUT2D eigenvalue weighted by molar-refractivity contribution is 5.97. The SMILES string of the molecule is [2H]c1ccc(-c2nc(C)c3c(n2)CCN(C)C3=O)cc1. The number of carbonyl (C=O) groups is 1. The number of amides is 1. The number of nitrogens with zero attached hydrogens (tertiary/aromatic N) is 3. The molecule has 0 N–H and O–H groups in total. The van der Waals surface area contributed by atoms with Crippen molar-refractivity contribution in [1.82, 2.24) is 14.9 Å². The second kappa shape index (κ2) is 4.46. The van der Waals surface area contributed by atoms with Gasteiger partial charge < -0.3 is 4.90 Å². The van der Waals surface area contributed by atoms with Gasteiger partial charge in [0.2, 0.25) is 0 Å². The third-order valence-corrected chi connectivity index (χ3v) is 3.39. The van der Waals surface area contributed by atoms with Gasteiger partial charge >= 0.3 is 0 Å². The van der Waals surface area contributed by atoms with Crippen molar-refractivity contribution in [1.29, 1.82) is 0 Å². The lowest BCUT2D eigenvalue weighted by Crippen LogP contribution is -2.35. The van der Waals surface area contributed by atoms with Crippen LogP contribution in [0.25, 0.3) is 11.4 Å². The number of hydrogen-bond donors (Lipinski definition) is 0. The Bertz CT molecular complexity index is 682. The maximum atomic E-state index is 12.2. The highest BCUT2D eigenvalue weighted by Crippen LogP contribution is 2.23. The molecule has 1 aromatic heterocycles. The second-order valence-corrected chi connectivity index (χ2v) is 4.72. The molecule has 2 heterocycles. The predicted octanol–water partition coefficient (Wildman–Crippen LogP) is 2.08. The Hall–Kier alpha value is -2.23. The number of aryl methyl sites for hydroxylation is 1. The van der Waals surface area contributed by atoms with Crippen LogP contribution in [0.2, 0.25) is 0 Å². The van der Waals surface area contributed by atoms with E-state index in [4.69, 9.17) is 1.37 Å². The third kappa shape index (κ3) is 1.99. The minimum absolute atomic E-state index is 0.00296. The van der Waals surface area contributed by atoms with E-state index in [1.54, 1.807) is 24.1 Å². The second-order valence-electron chi connectivity index (χ2n) is 4.72. The third-order valence-electron chi connectivity index (χ3n) is 3.39. The largest absolute Gasteiger partial charge is 0.341 e. The Kier molecular flexibility index (Phi) is 2.51. The van der Waals surface area contributed by atoms with E-state index < -0.39 is 0 Å². The van der Waals surface area contributed by atoms with Gasteiger partial charge in [0.25, 0.3) is 5.91 Å². The van der Waals surface area contributed by atoms with Crippen molar-refractivity contribution in [3.05, 3.63) is 47.3 Å². The number of benzene rings is 1. The van der Waals surface area contributed by atoms with Gasteiger partial charge in [-0.1, -0.05) is 30.3 Å². The molecule has 19 heavy (non-hydrogen) atoms. The molecule has 0 saturated carbocycles. The molecule has 0 radical (unpaired) electrons. The Morgan fingerprint density at radius 2 is 2.05 bits per heavy atom. The first kappa shape index (κ1) is 10.7. The van der Waals surface area contributed by atoms with Crippen molar-refractivity contribution in [2.45, 2.75) is 13.3 Å². The summed E-state index contributed by atoms with van der Waals surface area (Å²) in [6, 6.07) is 7.56. The first-order valence-electron chi connectivity index (χ1n) is 6.76. The molecule has 1 amide bonds. The molecule has 1 aliphatic heterocycles. The van der Waals surface area contributed by atoms with Crippen LogP contribution in [0.1, 0.15) is 23.1 Å². The van der Waals surface area contributed by atoms with E-state index in [1.807, 2.05) is 19.1 Å². The van der Waals surface area contributed by atoms with Crippen LogP contribution in [0.5, 0.6) is 0 Å². The molecule has 0 atom stereocenters. The van der Waals surface area contributed by atoms with Crippen LogP contribution in [0.4, 0.5) is 0 Å². The number of rotatable bonds is 1. The zero-order valence-corrected chi connectivity index (χ0v) is 11.0. The zero-order valence-electron chi connectivity index (χ0n) is 12.0. The standard InChI is InChI=1S/C15H15N3O/c1-10-13-12(8-9-18(2)15(13)19)17-14(16-10)11-6-4-3-5-7-11/h3-7H,8-9H2,1-2H3/i3D. The molecule has 0 unspecified atom stereocenters. The Morgan fingerprint density at radius 3 is 2.79 bits per heavy atom. The Morgan fingerprint density at radius 1 is 1.32 bits per heavy atom. The van der Waals surface area contributed by atoms with Crippen molar-refractivity contribution in [3.8, 4) is 11.4 Å². The van der Waals surface area contributed by atoms with Gasteiger partial charge in [0.15, 0.2) is 5.82 Å². The average molecular weight is 254 g/mol. The summed E-state index contributed by atoms with van der Waals surface area (Å²) in [5.41, 5.74) is 3.06. The number of likely N-dealkylation sites (N-methyl/N-ethyl adjacent to an activating group) is 1. The minimum atomic E-state index is -0.00296. The quantitative estimate of drug-likeness (QED) is 0.782. The molecule has 1 aromatic carbocycles. The average Bonchev–Trinajstić information content (AvgIpc) is 2.43. The van der Waals surface area contributed by atoms with Crippen molar-refractivity contribution < 1.29 is 6.17 Å². The van der Waals surface area contributed by atoms with E-state index in [2.05, 4.69) is 9.97 Å². The summed E-state index contributed by atoms with van der Waals surface area (Å²) in [4.78, 5) is 22.8. The van der Waals surface area contributed by atoms with Gasteiger partial charge in [-0.2, -0.15) is 0 Å². The first-order valence-corrected chi connectivity index (χ1v) is 6.26.